The fourth-order valence-electron chi connectivity index (χ4n) is 2.95. The van der Waals surface area contributed by atoms with E-state index < -0.39 is 5.97 Å². The molecule has 2 heterocycles. The van der Waals surface area contributed by atoms with Gasteiger partial charge in [0.2, 0.25) is 5.95 Å². The molecule has 0 atom stereocenters. The average Bonchev–Trinajstić information content (AvgIpc) is 3.04. The highest BCUT2D eigenvalue weighted by Gasteiger charge is 2.10. The number of benzene rings is 1. The molecule has 7 heteroatoms. The van der Waals surface area contributed by atoms with Crippen LogP contribution < -0.4 is 9.64 Å². The Morgan fingerprint density at radius 3 is 2.78 bits per heavy atom. The van der Waals surface area contributed by atoms with Crippen molar-refractivity contribution in [1.29, 1.82) is 0 Å². The monoisotopic (exact) mass is 368 g/mol. The van der Waals surface area contributed by atoms with Crippen LogP contribution in [-0.2, 0) is 11.2 Å². The number of carboxylic acid groups (broad SMARTS) is 1. The van der Waals surface area contributed by atoms with Crippen molar-refractivity contribution in [2.75, 3.05) is 24.6 Å². The largest absolute Gasteiger partial charge is 0.494 e. The van der Waals surface area contributed by atoms with Crippen LogP contribution in [0.25, 0.3) is 10.9 Å². The molecular formula is C20H24N4O3. The minimum atomic E-state index is -0.847. The number of hydrogen-bond donors (Lipinski definition) is 2. The maximum Gasteiger partial charge on any atom is 0.307 e. The lowest BCUT2D eigenvalue weighted by atomic mass is 10.1. The highest BCUT2D eigenvalue weighted by molar-refractivity contribution is 5.87. The van der Waals surface area contributed by atoms with Crippen molar-refractivity contribution in [1.82, 2.24) is 15.0 Å². The van der Waals surface area contributed by atoms with E-state index in [2.05, 4.69) is 26.8 Å². The maximum atomic E-state index is 11.0. The van der Waals surface area contributed by atoms with Gasteiger partial charge in [0.15, 0.2) is 0 Å². The third-order valence-corrected chi connectivity index (χ3v) is 4.35. The maximum absolute atomic E-state index is 11.0. The van der Waals surface area contributed by atoms with E-state index in [0.717, 1.165) is 53.2 Å². The molecule has 0 unspecified atom stereocenters. The van der Waals surface area contributed by atoms with E-state index in [0.29, 0.717) is 6.61 Å². The van der Waals surface area contributed by atoms with Gasteiger partial charge in [-0.1, -0.05) is 0 Å². The molecule has 27 heavy (non-hydrogen) atoms. The summed E-state index contributed by atoms with van der Waals surface area (Å²) in [6.45, 7) is 6.24. The lowest BCUT2D eigenvalue weighted by Gasteiger charge is -2.20. The van der Waals surface area contributed by atoms with Gasteiger partial charge in [-0.25, -0.2) is 9.97 Å². The van der Waals surface area contributed by atoms with Crippen LogP contribution >= 0.6 is 0 Å². The third kappa shape index (κ3) is 4.75. The average molecular weight is 368 g/mol. The van der Waals surface area contributed by atoms with Crippen LogP contribution in [0.1, 0.15) is 24.5 Å². The van der Waals surface area contributed by atoms with Crippen LogP contribution in [0, 0.1) is 6.92 Å². The lowest BCUT2D eigenvalue weighted by molar-refractivity contribution is -0.136. The number of nitrogens with one attached hydrogen (secondary N) is 1. The van der Waals surface area contributed by atoms with Crippen LogP contribution in [-0.4, -0.2) is 45.7 Å². The molecule has 3 aromatic rings. The SMILES string of the molecule is CCN(CCCOc1ccc2[nH]cc(CC(=O)O)c2c1)c1ncc(C)cn1. The predicted molar refractivity (Wildman–Crippen MR) is 104 cm³/mol. The summed E-state index contributed by atoms with van der Waals surface area (Å²) in [5, 5.41) is 9.90. The van der Waals surface area contributed by atoms with Gasteiger partial charge in [0.05, 0.1) is 13.0 Å². The normalized spacial score (nSPS) is 10.9. The number of carboxylic acids is 1. The van der Waals surface area contributed by atoms with Crippen LogP contribution in [0.4, 0.5) is 5.95 Å². The van der Waals surface area contributed by atoms with E-state index in [1.807, 2.05) is 37.5 Å². The zero-order chi connectivity index (χ0) is 19.2. The summed E-state index contributed by atoms with van der Waals surface area (Å²) in [5.74, 6) is 0.624. The summed E-state index contributed by atoms with van der Waals surface area (Å²) in [6, 6.07) is 5.70. The molecule has 0 aliphatic heterocycles. The van der Waals surface area contributed by atoms with Gasteiger partial charge >= 0.3 is 5.97 Å². The Morgan fingerprint density at radius 1 is 1.30 bits per heavy atom. The molecule has 0 radical (unpaired) electrons. The molecule has 142 valence electrons. The quantitative estimate of drug-likeness (QED) is 0.564. The summed E-state index contributed by atoms with van der Waals surface area (Å²) in [7, 11) is 0. The molecule has 0 aliphatic rings. The van der Waals surface area contributed by atoms with Gasteiger partial charge in [0.25, 0.3) is 0 Å². The standard InChI is InChI=1S/C20H24N4O3/c1-3-24(20-22-11-14(2)12-23-20)7-4-8-27-16-5-6-18-17(10-16)15(13-21-18)9-19(25)26/h5-6,10-13,21H,3-4,7-9H2,1-2H3,(H,25,26). The number of aromatic nitrogens is 3. The predicted octanol–water partition coefficient (Wildman–Crippen LogP) is 3.19. The molecule has 0 fully saturated rings. The molecule has 0 spiro atoms. The van der Waals surface area contributed by atoms with Gasteiger partial charge in [-0.05, 0) is 49.6 Å². The number of aromatic amines is 1. The van der Waals surface area contributed by atoms with Gasteiger partial charge < -0.3 is 19.7 Å². The molecule has 7 nitrogen and oxygen atoms in total. The van der Waals surface area contributed by atoms with Crippen LogP contribution in [0.3, 0.4) is 0 Å². The number of hydrogen-bond acceptors (Lipinski definition) is 5. The van der Waals surface area contributed by atoms with Crippen LogP contribution in [0.15, 0.2) is 36.8 Å². The number of ether oxygens (including phenoxy) is 1. The van der Waals surface area contributed by atoms with Crippen molar-refractivity contribution in [3.63, 3.8) is 0 Å². The molecule has 0 amide bonds. The van der Waals surface area contributed by atoms with Gasteiger partial charge in [-0.15, -0.1) is 0 Å². The second-order valence-electron chi connectivity index (χ2n) is 6.43. The van der Waals surface area contributed by atoms with E-state index in [4.69, 9.17) is 9.84 Å². The van der Waals surface area contributed by atoms with E-state index in [1.54, 1.807) is 6.20 Å². The highest BCUT2D eigenvalue weighted by atomic mass is 16.5. The zero-order valence-corrected chi connectivity index (χ0v) is 15.6. The topological polar surface area (TPSA) is 91.3 Å². The zero-order valence-electron chi connectivity index (χ0n) is 15.6. The van der Waals surface area contributed by atoms with E-state index in [9.17, 15) is 4.79 Å². The highest BCUT2D eigenvalue weighted by Crippen LogP contribution is 2.24. The number of rotatable bonds is 9. The first-order chi connectivity index (χ1) is 13.1. The van der Waals surface area contributed by atoms with Crippen LogP contribution in [0.5, 0.6) is 5.75 Å². The summed E-state index contributed by atoms with van der Waals surface area (Å²) in [5.41, 5.74) is 2.71. The number of anilines is 1. The van der Waals surface area contributed by atoms with Gasteiger partial charge in [0, 0.05) is 42.6 Å². The fraction of sp³-hybridized carbons (Fsp3) is 0.350. The number of carbonyl (C=O) groups is 1. The van der Waals surface area contributed by atoms with E-state index in [1.165, 1.54) is 0 Å². The van der Waals surface area contributed by atoms with Crippen molar-refractivity contribution in [3.05, 3.63) is 47.9 Å². The lowest BCUT2D eigenvalue weighted by Crippen LogP contribution is -2.27. The Bertz CT molecular complexity index is 905. The molecule has 0 bridgehead atoms. The van der Waals surface area contributed by atoms with E-state index >= 15 is 0 Å². The molecule has 0 saturated heterocycles. The van der Waals surface area contributed by atoms with Crippen molar-refractivity contribution in [3.8, 4) is 5.75 Å². The Kier molecular flexibility index (Phi) is 5.90. The second-order valence-corrected chi connectivity index (χ2v) is 6.43. The summed E-state index contributed by atoms with van der Waals surface area (Å²) < 4.78 is 5.86. The molecule has 1 aromatic carbocycles. The van der Waals surface area contributed by atoms with Gasteiger partial charge in [-0.3, -0.25) is 4.79 Å². The number of aliphatic carboxylic acids is 1. The number of H-pyrrole nitrogens is 1. The molecule has 2 N–H and O–H groups in total. The molecule has 0 saturated carbocycles. The minimum Gasteiger partial charge on any atom is -0.494 e. The van der Waals surface area contributed by atoms with Crippen molar-refractivity contribution >= 4 is 22.8 Å². The summed E-state index contributed by atoms with van der Waals surface area (Å²) >= 11 is 0. The van der Waals surface area contributed by atoms with Gasteiger partial charge in [0.1, 0.15) is 5.75 Å². The Balaban J connectivity index is 1.56. The van der Waals surface area contributed by atoms with Crippen molar-refractivity contribution in [2.45, 2.75) is 26.7 Å². The first-order valence-electron chi connectivity index (χ1n) is 9.05. The summed E-state index contributed by atoms with van der Waals surface area (Å²) in [4.78, 5) is 24.9. The smallest absolute Gasteiger partial charge is 0.307 e. The number of nitrogens with zero attached hydrogens (tertiary/aromatic N) is 3. The van der Waals surface area contributed by atoms with Crippen LogP contribution in [0.2, 0.25) is 0 Å². The Labute approximate surface area is 158 Å². The fourth-order valence-corrected chi connectivity index (χ4v) is 2.95. The Hall–Kier alpha value is -3.09. The first-order valence-corrected chi connectivity index (χ1v) is 9.05. The van der Waals surface area contributed by atoms with Gasteiger partial charge in [-0.2, -0.15) is 0 Å². The summed E-state index contributed by atoms with van der Waals surface area (Å²) in [6.07, 6.45) is 6.21. The molecule has 0 aliphatic carbocycles. The number of aryl methyl sites for hydroxylation is 1. The molecule has 3 rings (SSSR count). The molecular weight excluding hydrogens is 344 g/mol. The van der Waals surface area contributed by atoms with Crippen molar-refractivity contribution < 1.29 is 14.6 Å². The number of fused-ring (bicyclic) bond motifs is 1. The second kappa shape index (κ2) is 8.53. The van der Waals surface area contributed by atoms with E-state index in [-0.39, 0.29) is 6.42 Å². The molecule has 2 aromatic heterocycles. The minimum absolute atomic E-state index is 0.00847. The van der Waals surface area contributed by atoms with Crippen molar-refractivity contribution in [2.24, 2.45) is 0 Å². The first kappa shape index (κ1) is 18.7. The third-order valence-electron chi connectivity index (χ3n) is 4.35. The Morgan fingerprint density at radius 2 is 2.07 bits per heavy atom.